The number of aromatic hydroxyl groups is 1. The normalized spacial score (nSPS) is 10.3. The average Bonchev–Trinajstić information content (AvgIpc) is 2.45. The highest BCUT2D eigenvalue weighted by molar-refractivity contribution is 5.97. The number of carbonyl (C=O) groups is 1. The minimum absolute atomic E-state index is 0.0329. The molecule has 0 spiro atoms. The Morgan fingerprint density at radius 2 is 1.85 bits per heavy atom. The molecular formula is C17H18O3. The van der Waals surface area contributed by atoms with Crippen LogP contribution in [-0.2, 0) is 13.0 Å². The molecule has 3 nitrogen and oxygen atoms in total. The highest BCUT2D eigenvalue weighted by Crippen LogP contribution is 2.32. The predicted octanol–water partition coefficient (Wildman–Crippen LogP) is 3.74. The van der Waals surface area contributed by atoms with Crippen LogP contribution in [0.2, 0.25) is 0 Å². The van der Waals surface area contributed by atoms with Gasteiger partial charge in [-0.2, -0.15) is 0 Å². The van der Waals surface area contributed by atoms with Crippen LogP contribution in [0.15, 0.2) is 42.5 Å². The molecule has 1 N–H and O–H groups in total. The molecule has 0 atom stereocenters. The van der Waals surface area contributed by atoms with Crippen molar-refractivity contribution in [1.82, 2.24) is 0 Å². The quantitative estimate of drug-likeness (QED) is 0.842. The molecule has 0 aliphatic rings. The highest BCUT2D eigenvalue weighted by Gasteiger charge is 2.14. The van der Waals surface area contributed by atoms with Crippen LogP contribution in [0.1, 0.15) is 35.3 Å². The van der Waals surface area contributed by atoms with E-state index in [0.717, 1.165) is 5.56 Å². The molecule has 0 fully saturated rings. The van der Waals surface area contributed by atoms with Gasteiger partial charge in [0, 0.05) is 5.56 Å². The van der Waals surface area contributed by atoms with Crippen molar-refractivity contribution < 1.29 is 14.6 Å². The number of benzene rings is 2. The molecule has 0 heterocycles. The molecule has 2 rings (SSSR count). The number of hydrogen-bond donors (Lipinski definition) is 1. The molecular weight excluding hydrogens is 252 g/mol. The number of phenols is 1. The van der Waals surface area contributed by atoms with Crippen molar-refractivity contribution in [1.29, 1.82) is 0 Å². The van der Waals surface area contributed by atoms with E-state index in [1.165, 1.54) is 6.92 Å². The molecule has 0 bridgehead atoms. The van der Waals surface area contributed by atoms with Gasteiger partial charge in [0.15, 0.2) is 5.78 Å². The van der Waals surface area contributed by atoms with Gasteiger partial charge in [0.05, 0.1) is 5.56 Å². The second-order valence-corrected chi connectivity index (χ2v) is 4.62. The number of rotatable bonds is 5. The lowest BCUT2D eigenvalue weighted by molar-refractivity contribution is 0.101. The first-order valence-electron chi connectivity index (χ1n) is 6.66. The van der Waals surface area contributed by atoms with Crippen LogP contribution in [-0.4, -0.2) is 10.9 Å². The topological polar surface area (TPSA) is 46.5 Å². The average molecular weight is 270 g/mol. The first-order chi connectivity index (χ1) is 9.63. The zero-order chi connectivity index (χ0) is 14.5. The lowest BCUT2D eigenvalue weighted by Gasteiger charge is -2.14. The summed E-state index contributed by atoms with van der Waals surface area (Å²) in [5.41, 5.74) is 2.08. The Balaban J connectivity index is 2.24. The highest BCUT2D eigenvalue weighted by atomic mass is 16.5. The number of ketones is 1. The van der Waals surface area contributed by atoms with Crippen molar-refractivity contribution in [2.75, 3.05) is 0 Å². The van der Waals surface area contributed by atoms with Gasteiger partial charge in [0.2, 0.25) is 0 Å². The van der Waals surface area contributed by atoms with Crippen LogP contribution < -0.4 is 4.74 Å². The number of hydrogen-bond acceptors (Lipinski definition) is 3. The van der Waals surface area contributed by atoms with Gasteiger partial charge in [-0.05, 0) is 31.0 Å². The molecule has 2 aromatic rings. The lowest BCUT2D eigenvalue weighted by Crippen LogP contribution is -2.01. The number of ether oxygens (including phenoxy) is 1. The molecule has 20 heavy (non-hydrogen) atoms. The first kappa shape index (κ1) is 14.1. The molecule has 0 unspecified atom stereocenters. The molecule has 0 saturated carbocycles. The number of phenolic OH excluding ortho intramolecular Hbond substituents is 1. The first-order valence-corrected chi connectivity index (χ1v) is 6.66. The predicted molar refractivity (Wildman–Crippen MR) is 78.3 cm³/mol. The molecule has 0 amide bonds. The molecule has 0 saturated heterocycles. The smallest absolute Gasteiger partial charge is 0.163 e. The SMILES string of the molecule is CCc1c(OCc2ccccc2)ccc(C(C)=O)c1O. The van der Waals surface area contributed by atoms with E-state index in [1.54, 1.807) is 12.1 Å². The molecule has 0 radical (unpaired) electrons. The van der Waals surface area contributed by atoms with Crippen LogP contribution in [0.5, 0.6) is 11.5 Å². The van der Waals surface area contributed by atoms with Gasteiger partial charge in [0.25, 0.3) is 0 Å². The van der Waals surface area contributed by atoms with Crippen molar-refractivity contribution in [3.63, 3.8) is 0 Å². The summed E-state index contributed by atoms with van der Waals surface area (Å²) in [4.78, 5) is 11.4. The summed E-state index contributed by atoms with van der Waals surface area (Å²) in [6, 6.07) is 13.2. The van der Waals surface area contributed by atoms with Gasteiger partial charge in [-0.25, -0.2) is 0 Å². The van der Waals surface area contributed by atoms with Gasteiger partial charge >= 0.3 is 0 Å². The number of carbonyl (C=O) groups excluding carboxylic acids is 1. The van der Waals surface area contributed by atoms with Crippen LogP contribution >= 0.6 is 0 Å². The third-order valence-corrected chi connectivity index (χ3v) is 3.21. The number of Topliss-reactive ketones (excluding diaryl/α,β-unsaturated/α-hetero) is 1. The van der Waals surface area contributed by atoms with Gasteiger partial charge in [-0.3, -0.25) is 4.79 Å². The van der Waals surface area contributed by atoms with Crippen LogP contribution in [0, 0.1) is 0 Å². The largest absolute Gasteiger partial charge is 0.507 e. The molecule has 0 aromatic heterocycles. The Labute approximate surface area is 118 Å². The maximum atomic E-state index is 11.4. The molecule has 104 valence electrons. The Kier molecular flexibility index (Phi) is 4.41. The fraction of sp³-hybridized carbons (Fsp3) is 0.235. The third kappa shape index (κ3) is 2.99. The van der Waals surface area contributed by atoms with Gasteiger partial charge in [-0.1, -0.05) is 37.3 Å². The summed E-state index contributed by atoms with van der Waals surface area (Å²) >= 11 is 0. The molecule has 2 aromatic carbocycles. The zero-order valence-corrected chi connectivity index (χ0v) is 11.7. The maximum Gasteiger partial charge on any atom is 0.163 e. The van der Waals surface area contributed by atoms with E-state index >= 15 is 0 Å². The Morgan fingerprint density at radius 3 is 2.45 bits per heavy atom. The standard InChI is InChI=1S/C17H18O3/c1-3-14-16(10-9-15(12(2)18)17(14)19)20-11-13-7-5-4-6-8-13/h4-10,19H,3,11H2,1-2H3. The van der Waals surface area contributed by atoms with E-state index in [2.05, 4.69) is 0 Å². The van der Waals surface area contributed by atoms with E-state index in [1.807, 2.05) is 37.3 Å². The monoisotopic (exact) mass is 270 g/mol. The van der Waals surface area contributed by atoms with E-state index in [9.17, 15) is 9.90 Å². The van der Waals surface area contributed by atoms with Gasteiger partial charge < -0.3 is 9.84 Å². The Bertz CT molecular complexity index is 603. The van der Waals surface area contributed by atoms with Gasteiger partial charge in [0.1, 0.15) is 18.1 Å². The Morgan fingerprint density at radius 1 is 1.15 bits per heavy atom. The fourth-order valence-corrected chi connectivity index (χ4v) is 2.11. The van der Waals surface area contributed by atoms with Crippen LogP contribution in [0.3, 0.4) is 0 Å². The van der Waals surface area contributed by atoms with Crippen molar-refractivity contribution in [2.45, 2.75) is 26.9 Å². The summed E-state index contributed by atoms with van der Waals surface area (Å²) in [6.07, 6.45) is 0.608. The van der Waals surface area contributed by atoms with E-state index in [-0.39, 0.29) is 11.5 Å². The van der Waals surface area contributed by atoms with E-state index in [0.29, 0.717) is 29.9 Å². The van der Waals surface area contributed by atoms with E-state index < -0.39 is 0 Å². The second kappa shape index (κ2) is 6.24. The summed E-state index contributed by atoms with van der Waals surface area (Å²) in [5.74, 6) is 0.510. The summed E-state index contributed by atoms with van der Waals surface area (Å²) < 4.78 is 5.76. The minimum atomic E-state index is -0.146. The van der Waals surface area contributed by atoms with Gasteiger partial charge in [-0.15, -0.1) is 0 Å². The lowest BCUT2D eigenvalue weighted by atomic mass is 10.0. The molecule has 0 aliphatic heterocycles. The molecule has 3 heteroatoms. The third-order valence-electron chi connectivity index (χ3n) is 3.21. The van der Waals surface area contributed by atoms with Crippen LogP contribution in [0.4, 0.5) is 0 Å². The summed E-state index contributed by atoms with van der Waals surface area (Å²) in [5, 5.41) is 10.1. The fourth-order valence-electron chi connectivity index (χ4n) is 2.11. The van der Waals surface area contributed by atoms with Crippen LogP contribution in [0.25, 0.3) is 0 Å². The Hall–Kier alpha value is -2.29. The second-order valence-electron chi connectivity index (χ2n) is 4.62. The maximum absolute atomic E-state index is 11.4. The minimum Gasteiger partial charge on any atom is -0.507 e. The summed E-state index contributed by atoms with van der Waals surface area (Å²) in [6.45, 7) is 3.81. The zero-order valence-electron chi connectivity index (χ0n) is 11.7. The van der Waals surface area contributed by atoms with E-state index in [4.69, 9.17) is 4.74 Å². The van der Waals surface area contributed by atoms with Crippen molar-refractivity contribution in [3.8, 4) is 11.5 Å². The van der Waals surface area contributed by atoms with Crippen molar-refractivity contribution >= 4 is 5.78 Å². The summed E-state index contributed by atoms with van der Waals surface area (Å²) in [7, 11) is 0. The van der Waals surface area contributed by atoms with Crippen molar-refractivity contribution in [2.24, 2.45) is 0 Å². The van der Waals surface area contributed by atoms with Crippen molar-refractivity contribution in [3.05, 3.63) is 59.2 Å². The molecule has 0 aliphatic carbocycles.